The molecule has 1 saturated carbocycles. The highest BCUT2D eigenvalue weighted by Gasteiger charge is 2.48. The van der Waals surface area contributed by atoms with Gasteiger partial charge in [-0.3, -0.25) is 14.4 Å². The zero-order chi connectivity index (χ0) is 12.0. The molecular formula is C12H14O5. The van der Waals surface area contributed by atoms with Crippen LogP contribution in [0.3, 0.4) is 0 Å². The fraction of sp³-hybridized carbons (Fsp3) is 0.750. The Morgan fingerprint density at radius 3 is 2.06 bits per heavy atom. The van der Waals surface area contributed by atoms with E-state index in [4.69, 9.17) is 4.74 Å². The lowest BCUT2D eigenvalue weighted by atomic mass is 9.76. The van der Waals surface area contributed by atoms with Crippen LogP contribution in [0.1, 0.15) is 25.7 Å². The summed E-state index contributed by atoms with van der Waals surface area (Å²) in [5.74, 6) is -1.44. The molecule has 3 rings (SSSR count). The Bertz CT molecular complexity index is 388. The van der Waals surface area contributed by atoms with E-state index < -0.39 is 5.97 Å². The summed E-state index contributed by atoms with van der Waals surface area (Å²) in [5, 5.41) is 0. The summed E-state index contributed by atoms with van der Waals surface area (Å²) < 4.78 is 9.72. The molecule has 2 aliphatic heterocycles. The van der Waals surface area contributed by atoms with Crippen molar-refractivity contribution in [2.75, 3.05) is 6.61 Å². The predicted octanol–water partition coefficient (Wildman–Crippen LogP) is 0.665. The average Bonchev–Trinajstić information content (AvgIpc) is 2.70. The molecular weight excluding hydrogens is 224 g/mol. The molecule has 0 aromatic heterocycles. The van der Waals surface area contributed by atoms with E-state index in [1.807, 2.05) is 0 Å². The van der Waals surface area contributed by atoms with Crippen LogP contribution in [0, 0.1) is 23.7 Å². The Balaban J connectivity index is 1.79. The van der Waals surface area contributed by atoms with Gasteiger partial charge in [-0.2, -0.15) is 0 Å². The van der Waals surface area contributed by atoms with Crippen molar-refractivity contribution < 1.29 is 23.9 Å². The van der Waals surface area contributed by atoms with Crippen molar-refractivity contribution in [3.05, 3.63) is 0 Å². The Hall–Kier alpha value is -1.39. The first-order chi connectivity index (χ1) is 8.16. The van der Waals surface area contributed by atoms with Gasteiger partial charge in [-0.15, -0.1) is 0 Å². The van der Waals surface area contributed by atoms with E-state index in [1.54, 1.807) is 0 Å². The van der Waals surface area contributed by atoms with E-state index in [2.05, 4.69) is 4.74 Å². The summed E-state index contributed by atoms with van der Waals surface area (Å²) >= 11 is 0. The molecule has 0 amide bonds. The van der Waals surface area contributed by atoms with E-state index in [0.29, 0.717) is 25.9 Å². The van der Waals surface area contributed by atoms with Gasteiger partial charge in [0.15, 0.2) is 0 Å². The number of rotatable bonds is 0. The summed E-state index contributed by atoms with van der Waals surface area (Å²) in [6.45, 7) is 0.462. The number of carbonyl (C=O) groups is 3. The van der Waals surface area contributed by atoms with Gasteiger partial charge in [-0.05, 0) is 25.7 Å². The number of hydrogen-bond acceptors (Lipinski definition) is 5. The second-order valence-corrected chi connectivity index (χ2v) is 5.10. The molecule has 92 valence electrons. The van der Waals surface area contributed by atoms with E-state index in [1.165, 1.54) is 0 Å². The number of fused-ring (bicyclic) bond motifs is 2. The molecule has 0 spiro atoms. The highest BCUT2D eigenvalue weighted by Crippen LogP contribution is 2.40. The van der Waals surface area contributed by atoms with Gasteiger partial charge in [0.25, 0.3) is 0 Å². The highest BCUT2D eigenvalue weighted by atomic mass is 16.6. The Morgan fingerprint density at radius 2 is 1.35 bits per heavy atom. The number of hydrogen-bond donors (Lipinski definition) is 0. The van der Waals surface area contributed by atoms with Crippen molar-refractivity contribution in [2.45, 2.75) is 25.7 Å². The smallest absolute Gasteiger partial charge is 0.317 e. The van der Waals surface area contributed by atoms with Gasteiger partial charge in [0.2, 0.25) is 0 Å². The molecule has 2 saturated heterocycles. The minimum atomic E-state index is -0.412. The molecule has 1 aliphatic carbocycles. The average molecular weight is 238 g/mol. The topological polar surface area (TPSA) is 69.7 Å². The van der Waals surface area contributed by atoms with Crippen LogP contribution in [0.15, 0.2) is 0 Å². The molecule has 5 nitrogen and oxygen atoms in total. The van der Waals surface area contributed by atoms with E-state index >= 15 is 0 Å². The number of cyclic esters (lactones) is 3. The molecule has 4 unspecified atom stereocenters. The molecule has 3 fully saturated rings. The van der Waals surface area contributed by atoms with E-state index in [9.17, 15) is 14.4 Å². The Morgan fingerprint density at radius 1 is 0.765 bits per heavy atom. The standard InChI is InChI=1S/C12H14O5/c13-10-7-3-4-9-8(11(14)17-12(9)15)2-1-6(7)5-16-10/h6-9H,1-5H2. The summed E-state index contributed by atoms with van der Waals surface area (Å²) in [6.07, 6.45) is 2.59. The largest absolute Gasteiger partial charge is 0.465 e. The fourth-order valence-corrected chi connectivity index (χ4v) is 3.21. The number of carbonyl (C=O) groups excluding carboxylic acids is 3. The maximum Gasteiger partial charge on any atom is 0.317 e. The lowest BCUT2D eigenvalue weighted by Gasteiger charge is -2.23. The second kappa shape index (κ2) is 3.82. The van der Waals surface area contributed by atoms with Gasteiger partial charge >= 0.3 is 17.9 Å². The van der Waals surface area contributed by atoms with Crippen molar-refractivity contribution >= 4 is 17.9 Å². The molecule has 2 heterocycles. The predicted molar refractivity (Wildman–Crippen MR) is 54.5 cm³/mol. The minimum Gasteiger partial charge on any atom is -0.465 e. The van der Waals surface area contributed by atoms with Crippen molar-refractivity contribution in [3.63, 3.8) is 0 Å². The summed E-state index contributed by atoms with van der Waals surface area (Å²) in [5.41, 5.74) is 0. The van der Waals surface area contributed by atoms with Gasteiger partial charge in [0, 0.05) is 5.92 Å². The number of esters is 3. The maximum absolute atomic E-state index is 11.5. The minimum absolute atomic E-state index is 0.0838. The van der Waals surface area contributed by atoms with Crippen molar-refractivity contribution in [1.29, 1.82) is 0 Å². The summed E-state index contributed by atoms with van der Waals surface area (Å²) in [6, 6.07) is 0. The molecule has 3 aliphatic rings. The van der Waals surface area contributed by atoms with Crippen molar-refractivity contribution in [1.82, 2.24) is 0 Å². The highest BCUT2D eigenvalue weighted by molar-refractivity contribution is 5.96. The van der Waals surface area contributed by atoms with Crippen LogP contribution in [0.5, 0.6) is 0 Å². The van der Waals surface area contributed by atoms with Crippen LogP contribution in [-0.2, 0) is 23.9 Å². The first kappa shape index (κ1) is 10.7. The monoisotopic (exact) mass is 238 g/mol. The normalized spacial score (nSPS) is 41.1. The molecule has 17 heavy (non-hydrogen) atoms. The van der Waals surface area contributed by atoms with Crippen molar-refractivity contribution in [3.8, 4) is 0 Å². The van der Waals surface area contributed by atoms with E-state index in [-0.39, 0.29) is 35.6 Å². The maximum atomic E-state index is 11.5. The first-order valence-electron chi connectivity index (χ1n) is 6.09. The lowest BCUT2D eigenvalue weighted by molar-refractivity contribution is -0.154. The molecule has 0 N–H and O–H groups in total. The van der Waals surface area contributed by atoms with Crippen LogP contribution < -0.4 is 0 Å². The molecule has 0 aromatic carbocycles. The van der Waals surface area contributed by atoms with Crippen LogP contribution in [0.4, 0.5) is 0 Å². The Labute approximate surface area is 98.4 Å². The van der Waals surface area contributed by atoms with Crippen LogP contribution in [-0.4, -0.2) is 24.5 Å². The molecule has 5 heteroatoms. The zero-order valence-corrected chi connectivity index (χ0v) is 9.39. The first-order valence-corrected chi connectivity index (χ1v) is 6.09. The lowest BCUT2D eigenvalue weighted by Crippen LogP contribution is -2.26. The number of ether oxygens (including phenoxy) is 2. The molecule has 0 bridgehead atoms. The zero-order valence-electron chi connectivity index (χ0n) is 9.39. The van der Waals surface area contributed by atoms with Crippen molar-refractivity contribution in [2.24, 2.45) is 23.7 Å². The molecule has 4 atom stereocenters. The van der Waals surface area contributed by atoms with Crippen LogP contribution >= 0.6 is 0 Å². The fourth-order valence-electron chi connectivity index (χ4n) is 3.21. The molecule has 0 radical (unpaired) electrons. The van der Waals surface area contributed by atoms with Gasteiger partial charge < -0.3 is 9.47 Å². The van der Waals surface area contributed by atoms with Gasteiger partial charge in [-0.25, -0.2) is 0 Å². The van der Waals surface area contributed by atoms with Gasteiger partial charge in [0.05, 0.1) is 24.4 Å². The van der Waals surface area contributed by atoms with Crippen LogP contribution in [0.25, 0.3) is 0 Å². The second-order valence-electron chi connectivity index (χ2n) is 5.10. The van der Waals surface area contributed by atoms with Crippen LogP contribution in [0.2, 0.25) is 0 Å². The third kappa shape index (κ3) is 1.64. The summed E-state index contributed by atoms with van der Waals surface area (Å²) in [7, 11) is 0. The van der Waals surface area contributed by atoms with Gasteiger partial charge in [0.1, 0.15) is 0 Å². The van der Waals surface area contributed by atoms with E-state index in [0.717, 1.165) is 6.42 Å². The Kier molecular flexibility index (Phi) is 2.42. The summed E-state index contributed by atoms with van der Waals surface area (Å²) in [4.78, 5) is 34.5. The molecule has 0 aromatic rings. The SMILES string of the molecule is O=C1OCC2CCC3C(=O)OC(=O)C3CCC12. The van der Waals surface area contributed by atoms with Gasteiger partial charge in [-0.1, -0.05) is 0 Å². The quantitative estimate of drug-likeness (QED) is 0.458. The third-order valence-electron chi connectivity index (χ3n) is 4.24. The third-order valence-corrected chi connectivity index (χ3v) is 4.24.